The van der Waals surface area contributed by atoms with Crippen molar-refractivity contribution >= 4 is 0 Å². The molecule has 0 heterocycles. The molecule has 0 saturated heterocycles. The number of nitriles is 1. The van der Waals surface area contributed by atoms with Crippen molar-refractivity contribution in [1.29, 1.82) is 5.26 Å². The van der Waals surface area contributed by atoms with Crippen LogP contribution in [0.4, 0.5) is 0 Å². The Morgan fingerprint density at radius 1 is 1.11 bits per heavy atom. The van der Waals surface area contributed by atoms with Crippen LogP contribution in [0, 0.1) is 11.3 Å². The summed E-state index contributed by atoms with van der Waals surface area (Å²) in [5.74, 6) is 0. The predicted octanol–water partition coefficient (Wildman–Crippen LogP) is 3.98. The van der Waals surface area contributed by atoms with Gasteiger partial charge < -0.3 is 0 Å². The second-order valence-corrected chi connectivity index (χ2v) is 5.99. The van der Waals surface area contributed by atoms with Gasteiger partial charge in [0, 0.05) is 18.6 Å². The predicted molar refractivity (Wildman–Crippen MR) is 81.0 cm³/mol. The van der Waals surface area contributed by atoms with Gasteiger partial charge in [0.25, 0.3) is 0 Å². The first-order chi connectivity index (χ1) is 8.90. The van der Waals surface area contributed by atoms with E-state index in [4.69, 9.17) is 0 Å². The Kier molecular flexibility index (Phi) is 5.57. The minimum Gasteiger partial charge on any atom is -0.298 e. The zero-order chi connectivity index (χ0) is 14.5. The Morgan fingerprint density at radius 3 is 2.05 bits per heavy atom. The molecular weight excluding hydrogens is 232 g/mol. The summed E-state index contributed by atoms with van der Waals surface area (Å²) in [6.45, 7) is 11.9. The van der Waals surface area contributed by atoms with Crippen LogP contribution in [0.3, 0.4) is 0 Å². The summed E-state index contributed by atoms with van der Waals surface area (Å²) in [4.78, 5) is 2.44. The highest BCUT2D eigenvalue weighted by Crippen LogP contribution is 2.27. The lowest BCUT2D eigenvalue weighted by atomic mass is 9.80. The molecule has 1 atom stereocenters. The van der Waals surface area contributed by atoms with E-state index in [1.807, 2.05) is 25.1 Å². The van der Waals surface area contributed by atoms with E-state index >= 15 is 0 Å². The van der Waals surface area contributed by atoms with Crippen LogP contribution in [0.2, 0.25) is 0 Å². The molecule has 0 bridgehead atoms. The molecule has 2 nitrogen and oxygen atoms in total. The first-order valence-corrected chi connectivity index (χ1v) is 7.13. The van der Waals surface area contributed by atoms with Gasteiger partial charge in [0.2, 0.25) is 0 Å². The quantitative estimate of drug-likeness (QED) is 0.771. The van der Waals surface area contributed by atoms with Gasteiger partial charge in [0.05, 0.1) is 11.5 Å². The van der Waals surface area contributed by atoms with E-state index in [0.29, 0.717) is 12.1 Å². The van der Waals surface area contributed by atoms with Crippen LogP contribution < -0.4 is 0 Å². The van der Waals surface area contributed by atoms with Crippen LogP contribution in [0.5, 0.6) is 0 Å². The van der Waals surface area contributed by atoms with Crippen molar-refractivity contribution in [3.05, 3.63) is 35.9 Å². The zero-order valence-corrected chi connectivity index (χ0v) is 12.9. The lowest BCUT2D eigenvalue weighted by Gasteiger charge is -2.33. The van der Waals surface area contributed by atoms with E-state index in [-0.39, 0.29) is 0 Å². The third-order valence-corrected chi connectivity index (χ3v) is 3.85. The number of hydrogen-bond acceptors (Lipinski definition) is 2. The van der Waals surface area contributed by atoms with Crippen molar-refractivity contribution in [3.63, 3.8) is 0 Å². The Morgan fingerprint density at radius 2 is 1.63 bits per heavy atom. The van der Waals surface area contributed by atoms with Crippen LogP contribution in [-0.2, 0) is 5.41 Å². The van der Waals surface area contributed by atoms with Gasteiger partial charge in [0.15, 0.2) is 0 Å². The SMILES string of the molecule is CC(C)N(CCC(C)(C#N)c1ccccc1)C(C)C. The molecule has 0 N–H and O–H groups in total. The van der Waals surface area contributed by atoms with Crippen LogP contribution >= 0.6 is 0 Å². The fourth-order valence-corrected chi connectivity index (χ4v) is 2.54. The average Bonchev–Trinajstić information content (AvgIpc) is 2.38. The Balaban J connectivity index is 2.81. The summed E-state index contributed by atoms with van der Waals surface area (Å²) in [5.41, 5.74) is 0.716. The second-order valence-electron chi connectivity index (χ2n) is 5.99. The molecule has 0 aliphatic carbocycles. The fourth-order valence-electron chi connectivity index (χ4n) is 2.54. The highest BCUT2D eigenvalue weighted by molar-refractivity contribution is 5.31. The van der Waals surface area contributed by atoms with E-state index < -0.39 is 5.41 Å². The molecule has 0 amide bonds. The number of rotatable bonds is 6. The van der Waals surface area contributed by atoms with Crippen molar-refractivity contribution in [2.75, 3.05) is 6.54 Å². The maximum absolute atomic E-state index is 9.56. The molecule has 0 radical (unpaired) electrons. The normalized spacial score (nSPS) is 14.7. The third kappa shape index (κ3) is 4.08. The first kappa shape index (κ1) is 15.7. The number of nitrogens with zero attached hydrogens (tertiary/aromatic N) is 2. The fraction of sp³-hybridized carbons (Fsp3) is 0.588. The lowest BCUT2D eigenvalue weighted by Crippen LogP contribution is -2.40. The summed E-state index contributed by atoms with van der Waals surface area (Å²) in [5, 5.41) is 9.56. The van der Waals surface area contributed by atoms with Gasteiger partial charge in [-0.1, -0.05) is 30.3 Å². The van der Waals surface area contributed by atoms with E-state index in [1.54, 1.807) is 0 Å². The molecule has 0 saturated carbocycles. The molecule has 1 aromatic carbocycles. The highest BCUT2D eigenvalue weighted by atomic mass is 15.2. The largest absolute Gasteiger partial charge is 0.298 e. The van der Waals surface area contributed by atoms with Crippen molar-refractivity contribution in [2.45, 2.75) is 58.5 Å². The van der Waals surface area contributed by atoms with Gasteiger partial charge >= 0.3 is 0 Å². The molecule has 0 aromatic heterocycles. The van der Waals surface area contributed by atoms with Gasteiger partial charge in [-0.3, -0.25) is 4.90 Å². The van der Waals surface area contributed by atoms with Crippen molar-refractivity contribution in [1.82, 2.24) is 4.90 Å². The summed E-state index contributed by atoms with van der Waals surface area (Å²) in [6, 6.07) is 13.6. The van der Waals surface area contributed by atoms with Gasteiger partial charge in [-0.15, -0.1) is 0 Å². The zero-order valence-electron chi connectivity index (χ0n) is 12.9. The minimum atomic E-state index is -0.400. The Labute approximate surface area is 118 Å². The lowest BCUT2D eigenvalue weighted by molar-refractivity contribution is 0.164. The molecular formula is C17H26N2. The standard InChI is InChI=1S/C17H26N2/c1-14(2)19(15(3)4)12-11-17(5,13-18)16-9-7-6-8-10-16/h6-10,14-15H,11-12H2,1-5H3. The maximum atomic E-state index is 9.56. The van der Waals surface area contributed by atoms with Crippen molar-refractivity contribution in [3.8, 4) is 6.07 Å². The molecule has 1 rings (SSSR count). The first-order valence-electron chi connectivity index (χ1n) is 7.13. The molecule has 0 fully saturated rings. The molecule has 19 heavy (non-hydrogen) atoms. The van der Waals surface area contributed by atoms with Gasteiger partial charge in [-0.25, -0.2) is 0 Å². The molecule has 0 spiro atoms. The monoisotopic (exact) mass is 258 g/mol. The number of hydrogen-bond donors (Lipinski definition) is 0. The number of benzene rings is 1. The smallest absolute Gasteiger partial charge is 0.0806 e. The topological polar surface area (TPSA) is 27.0 Å². The maximum Gasteiger partial charge on any atom is 0.0806 e. The van der Waals surface area contributed by atoms with E-state index in [1.165, 1.54) is 0 Å². The highest BCUT2D eigenvalue weighted by Gasteiger charge is 2.27. The molecule has 1 unspecified atom stereocenters. The van der Waals surface area contributed by atoms with E-state index in [0.717, 1.165) is 18.5 Å². The van der Waals surface area contributed by atoms with Gasteiger partial charge in [-0.2, -0.15) is 5.26 Å². The molecule has 0 aliphatic rings. The molecule has 2 heteroatoms. The van der Waals surface area contributed by atoms with Crippen LogP contribution in [0.1, 0.15) is 46.6 Å². The van der Waals surface area contributed by atoms with Gasteiger partial charge in [0.1, 0.15) is 0 Å². The van der Waals surface area contributed by atoms with Crippen LogP contribution in [0.15, 0.2) is 30.3 Å². The van der Waals surface area contributed by atoms with E-state index in [9.17, 15) is 5.26 Å². The average molecular weight is 258 g/mol. The minimum absolute atomic E-state index is 0.400. The Bertz CT molecular complexity index is 409. The molecule has 104 valence electrons. The second kappa shape index (κ2) is 6.73. The summed E-state index contributed by atoms with van der Waals surface area (Å²) in [6.07, 6.45) is 0.865. The summed E-state index contributed by atoms with van der Waals surface area (Å²) >= 11 is 0. The molecule has 0 aliphatic heterocycles. The van der Waals surface area contributed by atoms with Crippen LogP contribution in [0.25, 0.3) is 0 Å². The Hall–Kier alpha value is -1.33. The third-order valence-electron chi connectivity index (χ3n) is 3.85. The van der Waals surface area contributed by atoms with E-state index in [2.05, 4.69) is 50.8 Å². The van der Waals surface area contributed by atoms with Gasteiger partial charge in [-0.05, 0) is 46.6 Å². The summed E-state index contributed by atoms with van der Waals surface area (Å²) in [7, 11) is 0. The summed E-state index contributed by atoms with van der Waals surface area (Å²) < 4.78 is 0. The van der Waals surface area contributed by atoms with Crippen molar-refractivity contribution in [2.24, 2.45) is 0 Å². The van der Waals surface area contributed by atoms with Crippen molar-refractivity contribution < 1.29 is 0 Å². The molecule has 1 aromatic rings. The van der Waals surface area contributed by atoms with Crippen LogP contribution in [-0.4, -0.2) is 23.5 Å².